The van der Waals surface area contributed by atoms with Crippen molar-refractivity contribution in [3.63, 3.8) is 0 Å². The molecule has 0 saturated heterocycles. The van der Waals surface area contributed by atoms with Gasteiger partial charge in [0.25, 0.3) is 0 Å². The zero-order valence-electron chi connectivity index (χ0n) is 9.50. The molecule has 0 spiro atoms. The van der Waals surface area contributed by atoms with E-state index in [4.69, 9.17) is 5.73 Å². The number of nitrogen functional groups attached to an aromatic ring is 1. The highest BCUT2D eigenvalue weighted by Gasteiger charge is 2.25. The predicted molar refractivity (Wildman–Crippen MR) is 63.6 cm³/mol. The van der Waals surface area contributed by atoms with E-state index in [-0.39, 0.29) is 11.3 Å². The summed E-state index contributed by atoms with van der Waals surface area (Å²) in [4.78, 5) is 11.8. The van der Waals surface area contributed by atoms with Crippen LogP contribution in [0.3, 0.4) is 0 Å². The number of hydrogen-bond donors (Lipinski definition) is 2. The highest BCUT2D eigenvalue weighted by atomic mass is 16.2. The summed E-state index contributed by atoms with van der Waals surface area (Å²) in [6.07, 6.45) is 0.807. The van der Waals surface area contributed by atoms with Gasteiger partial charge in [-0.05, 0) is 24.6 Å². The maximum Gasteiger partial charge on any atom is 0.230 e. The number of amides is 1. The molecular weight excluding hydrogens is 188 g/mol. The lowest BCUT2D eigenvalue weighted by molar-refractivity contribution is -0.124. The van der Waals surface area contributed by atoms with Crippen LogP contribution in [0.1, 0.15) is 27.2 Å². The van der Waals surface area contributed by atoms with Crippen molar-refractivity contribution in [3.8, 4) is 0 Å². The number of rotatable bonds is 3. The Morgan fingerprint density at radius 3 is 2.67 bits per heavy atom. The second kappa shape index (κ2) is 4.34. The number of anilines is 2. The van der Waals surface area contributed by atoms with E-state index in [9.17, 15) is 4.79 Å². The van der Waals surface area contributed by atoms with Crippen molar-refractivity contribution in [2.75, 3.05) is 11.1 Å². The van der Waals surface area contributed by atoms with E-state index in [1.807, 2.05) is 32.9 Å². The minimum Gasteiger partial charge on any atom is -0.399 e. The molecule has 1 aromatic carbocycles. The smallest absolute Gasteiger partial charge is 0.230 e. The molecule has 1 amide bonds. The minimum absolute atomic E-state index is 0.0237. The Labute approximate surface area is 90.7 Å². The molecule has 3 heteroatoms. The highest BCUT2D eigenvalue weighted by molar-refractivity contribution is 5.95. The average molecular weight is 206 g/mol. The van der Waals surface area contributed by atoms with E-state index in [2.05, 4.69) is 5.32 Å². The Morgan fingerprint density at radius 2 is 2.13 bits per heavy atom. The van der Waals surface area contributed by atoms with E-state index < -0.39 is 0 Å². The fraction of sp³-hybridized carbons (Fsp3) is 0.417. The molecule has 0 bridgehead atoms. The monoisotopic (exact) mass is 206 g/mol. The third-order valence-electron chi connectivity index (χ3n) is 2.64. The van der Waals surface area contributed by atoms with Crippen LogP contribution in [-0.4, -0.2) is 5.91 Å². The summed E-state index contributed by atoms with van der Waals surface area (Å²) >= 11 is 0. The average Bonchev–Trinajstić information content (AvgIpc) is 2.17. The number of benzene rings is 1. The van der Waals surface area contributed by atoms with Crippen LogP contribution >= 0.6 is 0 Å². The fourth-order valence-corrected chi connectivity index (χ4v) is 1.08. The van der Waals surface area contributed by atoms with Crippen LogP contribution < -0.4 is 11.1 Å². The summed E-state index contributed by atoms with van der Waals surface area (Å²) in [5.41, 5.74) is 6.69. The van der Waals surface area contributed by atoms with Gasteiger partial charge in [-0.1, -0.05) is 26.8 Å². The summed E-state index contributed by atoms with van der Waals surface area (Å²) in [6, 6.07) is 7.20. The molecular formula is C12H18N2O. The Morgan fingerprint density at radius 1 is 1.47 bits per heavy atom. The van der Waals surface area contributed by atoms with Crippen LogP contribution in [0.4, 0.5) is 11.4 Å². The first-order valence-electron chi connectivity index (χ1n) is 5.12. The summed E-state index contributed by atoms with van der Waals surface area (Å²) in [6.45, 7) is 5.85. The molecule has 0 aliphatic rings. The van der Waals surface area contributed by atoms with E-state index in [1.54, 1.807) is 12.1 Å². The summed E-state index contributed by atoms with van der Waals surface area (Å²) < 4.78 is 0. The number of nitrogens with two attached hydrogens (primary N) is 1. The Balaban J connectivity index is 2.75. The van der Waals surface area contributed by atoms with Gasteiger partial charge in [0.1, 0.15) is 0 Å². The van der Waals surface area contributed by atoms with Crippen LogP contribution in [0.15, 0.2) is 24.3 Å². The lowest BCUT2D eigenvalue weighted by Crippen LogP contribution is -2.29. The van der Waals surface area contributed by atoms with E-state index in [0.717, 1.165) is 12.1 Å². The maximum absolute atomic E-state index is 11.8. The van der Waals surface area contributed by atoms with Crippen molar-refractivity contribution >= 4 is 17.3 Å². The normalized spacial score (nSPS) is 11.1. The minimum atomic E-state index is -0.343. The topological polar surface area (TPSA) is 55.1 Å². The van der Waals surface area contributed by atoms with Gasteiger partial charge < -0.3 is 11.1 Å². The zero-order chi connectivity index (χ0) is 11.5. The summed E-state index contributed by atoms with van der Waals surface area (Å²) in [7, 11) is 0. The van der Waals surface area contributed by atoms with Gasteiger partial charge in [-0.3, -0.25) is 4.79 Å². The SMILES string of the molecule is CCC(C)(C)C(=O)Nc1cccc(N)c1. The van der Waals surface area contributed by atoms with Crippen molar-refractivity contribution in [2.45, 2.75) is 27.2 Å². The zero-order valence-corrected chi connectivity index (χ0v) is 9.50. The molecule has 0 unspecified atom stereocenters. The van der Waals surface area contributed by atoms with Crippen LogP contribution in [0.25, 0.3) is 0 Å². The molecule has 0 aliphatic heterocycles. The molecule has 0 fully saturated rings. The van der Waals surface area contributed by atoms with Gasteiger partial charge in [0.2, 0.25) is 5.91 Å². The summed E-state index contributed by atoms with van der Waals surface area (Å²) in [5, 5.41) is 2.86. The predicted octanol–water partition coefficient (Wildman–Crippen LogP) is 2.64. The maximum atomic E-state index is 11.8. The molecule has 0 saturated carbocycles. The van der Waals surface area contributed by atoms with Crippen molar-refractivity contribution in [2.24, 2.45) is 5.41 Å². The van der Waals surface area contributed by atoms with Crippen LogP contribution in [0, 0.1) is 5.41 Å². The molecule has 0 radical (unpaired) electrons. The molecule has 0 aliphatic carbocycles. The first-order chi connectivity index (χ1) is 6.95. The van der Waals surface area contributed by atoms with Crippen LogP contribution in [0.2, 0.25) is 0 Å². The molecule has 1 aromatic rings. The Bertz CT molecular complexity index is 358. The van der Waals surface area contributed by atoms with Gasteiger partial charge in [0, 0.05) is 16.8 Å². The van der Waals surface area contributed by atoms with Crippen molar-refractivity contribution in [1.29, 1.82) is 0 Å². The molecule has 0 aromatic heterocycles. The molecule has 3 nitrogen and oxygen atoms in total. The number of carbonyl (C=O) groups is 1. The number of carbonyl (C=O) groups excluding carboxylic acids is 1. The van der Waals surface area contributed by atoms with Crippen molar-refractivity contribution < 1.29 is 4.79 Å². The van der Waals surface area contributed by atoms with Gasteiger partial charge in [-0.15, -0.1) is 0 Å². The largest absolute Gasteiger partial charge is 0.399 e. The van der Waals surface area contributed by atoms with E-state index >= 15 is 0 Å². The first kappa shape index (κ1) is 11.6. The fourth-order valence-electron chi connectivity index (χ4n) is 1.08. The van der Waals surface area contributed by atoms with Crippen LogP contribution in [-0.2, 0) is 4.79 Å². The molecule has 0 atom stereocenters. The quantitative estimate of drug-likeness (QED) is 0.747. The van der Waals surface area contributed by atoms with Gasteiger partial charge >= 0.3 is 0 Å². The van der Waals surface area contributed by atoms with E-state index in [0.29, 0.717) is 5.69 Å². The van der Waals surface area contributed by atoms with Gasteiger partial charge in [-0.2, -0.15) is 0 Å². The molecule has 0 heterocycles. The van der Waals surface area contributed by atoms with Gasteiger partial charge in [0.05, 0.1) is 0 Å². The Hall–Kier alpha value is -1.51. The molecule has 15 heavy (non-hydrogen) atoms. The molecule has 82 valence electrons. The molecule has 1 rings (SSSR count). The lowest BCUT2D eigenvalue weighted by atomic mass is 9.89. The standard InChI is InChI=1S/C12H18N2O/c1-4-12(2,3)11(15)14-10-7-5-6-9(13)8-10/h5-8H,4,13H2,1-3H3,(H,14,15). The van der Waals surface area contributed by atoms with Crippen LogP contribution in [0.5, 0.6) is 0 Å². The third kappa shape index (κ3) is 2.98. The molecule has 3 N–H and O–H groups in total. The first-order valence-corrected chi connectivity index (χ1v) is 5.12. The van der Waals surface area contributed by atoms with Gasteiger partial charge in [-0.25, -0.2) is 0 Å². The Kier molecular flexibility index (Phi) is 3.35. The third-order valence-corrected chi connectivity index (χ3v) is 2.64. The highest BCUT2D eigenvalue weighted by Crippen LogP contribution is 2.22. The lowest BCUT2D eigenvalue weighted by Gasteiger charge is -2.21. The number of nitrogens with one attached hydrogen (secondary N) is 1. The second-order valence-electron chi connectivity index (χ2n) is 4.32. The van der Waals surface area contributed by atoms with Crippen molar-refractivity contribution in [3.05, 3.63) is 24.3 Å². The summed E-state index contributed by atoms with van der Waals surface area (Å²) in [5.74, 6) is 0.0237. The van der Waals surface area contributed by atoms with Crippen molar-refractivity contribution in [1.82, 2.24) is 0 Å². The second-order valence-corrected chi connectivity index (χ2v) is 4.32. The van der Waals surface area contributed by atoms with Gasteiger partial charge in [0.15, 0.2) is 0 Å². The number of hydrogen-bond acceptors (Lipinski definition) is 2. The van der Waals surface area contributed by atoms with E-state index in [1.165, 1.54) is 0 Å².